The zero-order valence-corrected chi connectivity index (χ0v) is 15.4. The standard InChI is InChI=1S/C15H26N2S3/c1-5-13-15(19-8-7-18-13)12(16-6-2)9-14-17-10(3)11(4)20-14/h12-13,15-16H,5-9H2,1-4H3. The average molecular weight is 331 g/mol. The van der Waals surface area contributed by atoms with Crippen molar-refractivity contribution in [1.29, 1.82) is 0 Å². The lowest BCUT2D eigenvalue weighted by Crippen LogP contribution is -2.46. The van der Waals surface area contributed by atoms with Gasteiger partial charge in [0.2, 0.25) is 0 Å². The summed E-state index contributed by atoms with van der Waals surface area (Å²) in [5.74, 6) is 2.61. The van der Waals surface area contributed by atoms with Gasteiger partial charge in [-0.15, -0.1) is 11.3 Å². The Morgan fingerprint density at radius 3 is 2.60 bits per heavy atom. The Bertz CT molecular complexity index is 400. The Labute approximate surface area is 135 Å². The van der Waals surface area contributed by atoms with Crippen LogP contribution in [0.25, 0.3) is 0 Å². The minimum Gasteiger partial charge on any atom is -0.313 e. The molecule has 1 aromatic rings. The number of hydrogen-bond acceptors (Lipinski definition) is 5. The number of hydrogen-bond donors (Lipinski definition) is 1. The van der Waals surface area contributed by atoms with Crippen molar-refractivity contribution in [2.75, 3.05) is 18.1 Å². The second-order valence-corrected chi connectivity index (χ2v) is 9.19. The molecule has 5 heteroatoms. The molecule has 0 aliphatic carbocycles. The van der Waals surface area contributed by atoms with Crippen molar-refractivity contribution < 1.29 is 0 Å². The maximum absolute atomic E-state index is 4.74. The van der Waals surface area contributed by atoms with Gasteiger partial charge >= 0.3 is 0 Å². The van der Waals surface area contributed by atoms with Crippen LogP contribution >= 0.6 is 34.9 Å². The Balaban J connectivity index is 2.08. The average Bonchev–Trinajstić information content (AvgIpc) is 2.77. The number of aryl methyl sites for hydroxylation is 2. The van der Waals surface area contributed by atoms with Crippen LogP contribution in [0.1, 0.15) is 35.8 Å². The lowest BCUT2D eigenvalue weighted by molar-refractivity contribution is 0.489. The Hall–Kier alpha value is 0.290. The summed E-state index contributed by atoms with van der Waals surface area (Å²) in [7, 11) is 0. The number of aromatic nitrogens is 1. The first-order valence-corrected chi connectivity index (χ1v) is 10.5. The molecule has 2 nitrogen and oxygen atoms in total. The molecular weight excluding hydrogens is 304 g/mol. The number of thiazole rings is 1. The second kappa shape index (κ2) is 8.06. The number of nitrogens with zero attached hydrogens (tertiary/aromatic N) is 1. The van der Waals surface area contributed by atoms with Crippen molar-refractivity contribution in [3.8, 4) is 0 Å². The summed E-state index contributed by atoms with van der Waals surface area (Å²) in [4.78, 5) is 6.11. The van der Waals surface area contributed by atoms with Gasteiger partial charge in [0, 0.05) is 39.3 Å². The van der Waals surface area contributed by atoms with E-state index in [2.05, 4.69) is 56.5 Å². The molecule has 0 spiro atoms. The van der Waals surface area contributed by atoms with E-state index >= 15 is 0 Å². The van der Waals surface area contributed by atoms with Crippen molar-refractivity contribution >= 4 is 34.9 Å². The van der Waals surface area contributed by atoms with Gasteiger partial charge in [0.1, 0.15) is 0 Å². The summed E-state index contributed by atoms with van der Waals surface area (Å²) < 4.78 is 0. The van der Waals surface area contributed by atoms with E-state index in [0.717, 1.165) is 23.5 Å². The van der Waals surface area contributed by atoms with Gasteiger partial charge in [0.25, 0.3) is 0 Å². The van der Waals surface area contributed by atoms with E-state index in [1.54, 1.807) is 0 Å². The fourth-order valence-electron chi connectivity index (χ4n) is 2.69. The number of nitrogens with one attached hydrogen (secondary N) is 1. The van der Waals surface area contributed by atoms with Crippen molar-refractivity contribution in [3.05, 3.63) is 15.6 Å². The normalized spacial score (nSPS) is 24.8. The van der Waals surface area contributed by atoms with E-state index in [9.17, 15) is 0 Å². The van der Waals surface area contributed by atoms with Gasteiger partial charge in [-0.2, -0.15) is 23.5 Å². The molecule has 114 valence electrons. The predicted molar refractivity (Wildman–Crippen MR) is 95.5 cm³/mol. The molecule has 1 aliphatic rings. The molecular formula is C15H26N2S3. The van der Waals surface area contributed by atoms with E-state index < -0.39 is 0 Å². The van der Waals surface area contributed by atoms with E-state index in [1.165, 1.54) is 33.5 Å². The van der Waals surface area contributed by atoms with Crippen LogP contribution in [0.2, 0.25) is 0 Å². The van der Waals surface area contributed by atoms with Gasteiger partial charge in [-0.3, -0.25) is 0 Å². The van der Waals surface area contributed by atoms with Crippen LogP contribution in [-0.4, -0.2) is 39.6 Å². The lowest BCUT2D eigenvalue weighted by Gasteiger charge is -2.36. The maximum atomic E-state index is 4.74. The van der Waals surface area contributed by atoms with E-state index in [0.29, 0.717) is 6.04 Å². The summed E-state index contributed by atoms with van der Waals surface area (Å²) in [6.07, 6.45) is 2.36. The molecule has 3 unspecified atom stereocenters. The molecule has 0 aromatic carbocycles. The van der Waals surface area contributed by atoms with Crippen LogP contribution < -0.4 is 5.32 Å². The number of likely N-dealkylation sites (N-methyl/N-ethyl adjacent to an activating group) is 1. The Morgan fingerprint density at radius 2 is 2.00 bits per heavy atom. The molecule has 20 heavy (non-hydrogen) atoms. The molecule has 3 atom stereocenters. The van der Waals surface area contributed by atoms with Crippen LogP contribution in [0, 0.1) is 13.8 Å². The number of thioether (sulfide) groups is 2. The fourth-order valence-corrected chi connectivity index (χ4v) is 6.95. The van der Waals surface area contributed by atoms with Crippen molar-refractivity contribution in [2.45, 2.75) is 57.1 Å². The lowest BCUT2D eigenvalue weighted by atomic mass is 10.1. The first-order chi connectivity index (χ1) is 9.65. The van der Waals surface area contributed by atoms with Gasteiger partial charge in [0.15, 0.2) is 0 Å². The first-order valence-electron chi connectivity index (χ1n) is 7.55. The van der Waals surface area contributed by atoms with E-state index in [4.69, 9.17) is 4.98 Å². The van der Waals surface area contributed by atoms with Crippen molar-refractivity contribution in [2.24, 2.45) is 0 Å². The third-order valence-corrected chi connectivity index (χ3v) is 8.33. The van der Waals surface area contributed by atoms with Gasteiger partial charge < -0.3 is 5.32 Å². The monoisotopic (exact) mass is 330 g/mol. The summed E-state index contributed by atoms with van der Waals surface area (Å²) in [5, 5.41) is 6.55. The highest BCUT2D eigenvalue weighted by Gasteiger charge is 2.32. The Kier molecular flexibility index (Phi) is 6.72. The van der Waals surface area contributed by atoms with Crippen LogP contribution in [-0.2, 0) is 6.42 Å². The minimum absolute atomic E-state index is 0.563. The molecule has 1 aliphatic heterocycles. The molecule has 0 radical (unpaired) electrons. The molecule has 0 amide bonds. The minimum atomic E-state index is 0.563. The molecule has 1 saturated heterocycles. The second-order valence-electron chi connectivity index (χ2n) is 5.27. The molecule has 1 N–H and O–H groups in total. The van der Waals surface area contributed by atoms with Gasteiger partial charge in [-0.25, -0.2) is 4.98 Å². The summed E-state index contributed by atoms with van der Waals surface area (Å²) >= 11 is 6.21. The highest BCUT2D eigenvalue weighted by atomic mass is 32.2. The summed E-state index contributed by atoms with van der Waals surface area (Å²) in [5.41, 5.74) is 1.21. The van der Waals surface area contributed by atoms with Crippen molar-refractivity contribution in [1.82, 2.24) is 10.3 Å². The summed E-state index contributed by atoms with van der Waals surface area (Å²) in [6, 6.07) is 0.563. The third-order valence-electron chi connectivity index (χ3n) is 3.82. The largest absolute Gasteiger partial charge is 0.313 e. The predicted octanol–water partition coefficient (Wildman–Crippen LogP) is 3.91. The van der Waals surface area contributed by atoms with Crippen molar-refractivity contribution in [3.63, 3.8) is 0 Å². The van der Waals surface area contributed by atoms with Gasteiger partial charge in [-0.1, -0.05) is 13.8 Å². The smallest absolute Gasteiger partial charge is 0.0946 e. The third kappa shape index (κ3) is 4.15. The number of rotatable bonds is 6. The van der Waals surface area contributed by atoms with Crippen LogP contribution in [0.15, 0.2) is 0 Å². The maximum Gasteiger partial charge on any atom is 0.0946 e. The van der Waals surface area contributed by atoms with E-state index in [1.807, 2.05) is 11.3 Å². The molecule has 1 fully saturated rings. The van der Waals surface area contributed by atoms with Gasteiger partial charge in [-0.05, 0) is 26.8 Å². The quantitative estimate of drug-likeness (QED) is 0.855. The SMILES string of the molecule is CCNC(Cc1nc(C)c(C)s1)C1SCCSC1CC. The topological polar surface area (TPSA) is 24.9 Å². The molecule has 2 rings (SSSR count). The molecule has 2 heterocycles. The zero-order valence-electron chi connectivity index (χ0n) is 12.9. The molecule has 1 aromatic heterocycles. The highest BCUT2D eigenvalue weighted by Crippen LogP contribution is 2.36. The van der Waals surface area contributed by atoms with Crippen LogP contribution in [0.4, 0.5) is 0 Å². The van der Waals surface area contributed by atoms with Crippen LogP contribution in [0.5, 0.6) is 0 Å². The molecule has 0 saturated carbocycles. The van der Waals surface area contributed by atoms with Crippen LogP contribution in [0.3, 0.4) is 0 Å². The first kappa shape index (κ1) is 16.7. The van der Waals surface area contributed by atoms with E-state index in [-0.39, 0.29) is 0 Å². The summed E-state index contributed by atoms with van der Waals surface area (Å²) in [6.45, 7) is 9.90. The zero-order chi connectivity index (χ0) is 14.5. The molecule has 0 bridgehead atoms. The highest BCUT2D eigenvalue weighted by molar-refractivity contribution is 8.07. The van der Waals surface area contributed by atoms with Gasteiger partial charge in [0.05, 0.1) is 10.7 Å². The Morgan fingerprint density at radius 1 is 1.25 bits per heavy atom. The fraction of sp³-hybridized carbons (Fsp3) is 0.800.